The smallest absolute Gasteiger partial charge is 0.309 e. The molecule has 4 nitrogen and oxygen atoms in total. The third kappa shape index (κ3) is 0.949. The zero-order chi connectivity index (χ0) is 8.72. The highest BCUT2D eigenvalue weighted by Gasteiger charge is 2.61. The largest absolute Gasteiger partial charge is 0.469 e. The standard InChI is InChI=1S/C8H13NO3/c1-12-8(11)7-4-2-9-5(3-10)6(4)7/h4-7,9-10H,2-3H2,1H3/t4-,5+,6-,7+/m0/s1. The van der Waals surface area contributed by atoms with Gasteiger partial charge in [0.25, 0.3) is 0 Å². The van der Waals surface area contributed by atoms with E-state index in [0.29, 0.717) is 11.8 Å². The van der Waals surface area contributed by atoms with Crippen molar-refractivity contribution in [1.29, 1.82) is 0 Å². The molecule has 68 valence electrons. The highest BCUT2D eigenvalue weighted by molar-refractivity contribution is 5.77. The number of rotatable bonds is 2. The molecule has 2 N–H and O–H groups in total. The molecule has 0 bridgehead atoms. The second kappa shape index (κ2) is 2.71. The molecule has 0 aromatic heterocycles. The molecule has 0 unspecified atom stereocenters. The summed E-state index contributed by atoms with van der Waals surface area (Å²) in [6, 6.07) is 0.110. The van der Waals surface area contributed by atoms with Crippen LogP contribution in [0.25, 0.3) is 0 Å². The number of hydrogen-bond acceptors (Lipinski definition) is 4. The lowest BCUT2D eigenvalue weighted by Gasteiger charge is -2.11. The molecule has 0 amide bonds. The molecule has 1 saturated carbocycles. The zero-order valence-electron chi connectivity index (χ0n) is 6.99. The van der Waals surface area contributed by atoms with Gasteiger partial charge in [0.1, 0.15) is 0 Å². The number of carbonyl (C=O) groups is 1. The van der Waals surface area contributed by atoms with Gasteiger partial charge in [-0.2, -0.15) is 0 Å². The lowest BCUT2D eigenvalue weighted by atomic mass is 10.2. The monoisotopic (exact) mass is 171 g/mol. The first-order valence-electron chi connectivity index (χ1n) is 4.21. The van der Waals surface area contributed by atoms with Gasteiger partial charge in [0, 0.05) is 6.04 Å². The van der Waals surface area contributed by atoms with Crippen LogP contribution >= 0.6 is 0 Å². The van der Waals surface area contributed by atoms with Gasteiger partial charge in [0.05, 0.1) is 19.6 Å². The van der Waals surface area contributed by atoms with Crippen LogP contribution in [0.3, 0.4) is 0 Å². The molecule has 1 aliphatic heterocycles. The second-order valence-electron chi connectivity index (χ2n) is 3.49. The minimum atomic E-state index is -0.120. The molecule has 0 spiro atoms. The minimum Gasteiger partial charge on any atom is -0.469 e. The van der Waals surface area contributed by atoms with E-state index in [-0.39, 0.29) is 24.5 Å². The van der Waals surface area contributed by atoms with Gasteiger partial charge in [-0.1, -0.05) is 0 Å². The molecule has 4 heteroatoms. The predicted octanol–water partition coefficient (Wildman–Crippen LogP) is -1.01. The zero-order valence-corrected chi connectivity index (χ0v) is 6.99. The quantitative estimate of drug-likeness (QED) is 0.522. The molecule has 1 saturated heterocycles. The fourth-order valence-electron chi connectivity index (χ4n) is 2.29. The van der Waals surface area contributed by atoms with Gasteiger partial charge in [0.2, 0.25) is 0 Å². The van der Waals surface area contributed by atoms with Crippen molar-refractivity contribution >= 4 is 5.97 Å². The number of piperidine rings is 1. The Morgan fingerprint density at radius 3 is 3.08 bits per heavy atom. The van der Waals surface area contributed by atoms with E-state index in [1.54, 1.807) is 0 Å². The number of nitrogens with one attached hydrogen (secondary N) is 1. The summed E-state index contributed by atoms with van der Waals surface area (Å²) in [5.74, 6) is 0.662. The first-order chi connectivity index (χ1) is 5.79. The molecule has 0 aromatic rings. The summed E-state index contributed by atoms with van der Waals surface area (Å²) >= 11 is 0. The number of methoxy groups -OCH3 is 1. The van der Waals surface area contributed by atoms with Gasteiger partial charge in [-0.15, -0.1) is 0 Å². The van der Waals surface area contributed by atoms with E-state index in [9.17, 15) is 4.79 Å². The van der Waals surface area contributed by atoms with Gasteiger partial charge in [0.15, 0.2) is 0 Å². The first kappa shape index (κ1) is 8.01. The molecule has 2 fully saturated rings. The van der Waals surface area contributed by atoms with Crippen molar-refractivity contribution in [3.8, 4) is 0 Å². The van der Waals surface area contributed by atoms with Crippen LogP contribution in [0.1, 0.15) is 0 Å². The summed E-state index contributed by atoms with van der Waals surface area (Å²) < 4.78 is 4.65. The molecule has 0 radical (unpaired) electrons. The fraction of sp³-hybridized carbons (Fsp3) is 0.875. The number of hydrogen-bond donors (Lipinski definition) is 2. The fourth-order valence-corrected chi connectivity index (χ4v) is 2.29. The van der Waals surface area contributed by atoms with Crippen LogP contribution in [-0.4, -0.2) is 37.4 Å². The van der Waals surface area contributed by atoms with Crippen molar-refractivity contribution in [2.45, 2.75) is 6.04 Å². The Morgan fingerprint density at radius 1 is 1.75 bits per heavy atom. The molecular formula is C8H13NO3. The van der Waals surface area contributed by atoms with Crippen LogP contribution in [0.2, 0.25) is 0 Å². The average molecular weight is 171 g/mol. The highest BCUT2D eigenvalue weighted by Crippen LogP contribution is 2.52. The molecule has 0 aromatic carbocycles. The number of aliphatic hydroxyl groups is 1. The molecule has 2 aliphatic rings. The van der Waals surface area contributed by atoms with Gasteiger partial charge in [-0.05, 0) is 18.4 Å². The van der Waals surface area contributed by atoms with Gasteiger partial charge in [-0.3, -0.25) is 4.79 Å². The summed E-state index contributed by atoms with van der Waals surface area (Å²) in [7, 11) is 1.41. The summed E-state index contributed by atoms with van der Waals surface area (Å²) in [5, 5.41) is 12.1. The average Bonchev–Trinajstić information content (AvgIpc) is 2.67. The van der Waals surface area contributed by atoms with E-state index in [4.69, 9.17) is 5.11 Å². The Balaban J connectivity index is 1.96. The van der Waals surface area contributed by atoms with Crippen molar-refractivity contribution in [2.75, 3.05) is 20.3 Å². The van der Waals surface area contributed by atoms with E-state index < -0.39 is 0 Å². The van der Waals surface area contributed by atoms with E-state index in [1.807, 2.05) is 0 Å². The van der Waals surface area contributed by atoms with Gasteiger partial charge < -0.3 is 15.2 Å². The number of ether oxygens (including phenoxy) is 1. The number of carbonyl (C=O) groups excluding carboxylic acids is 1. The van der Waals surface area contributed by atoms with E-state index in [2.05, 4.69) is 10.1 Å². The summed E-state index contributed by atoms with van der Waals surface area (Å²) in [6.45, 7) is 0.963. The molecule has 12 heavy (non-hydrogen) atoms. The van der Waals surface area contributed by atoms with E-state index in [1.165, 1.54) is 7.11 Å². The topological polar surface area (TPSA) is 58.6 Å². The van der Waals surface area contributed by atoms with Gasteiger partial charge >= 0.3 is 5.97 Å². The van der Waals surface area contributed by atoms with Crippen molar-refractivity contribution in [1.82, 2.24) is 5.32 Å². The number of fused-ring (bicyclic) bond motifs is 1. The maximum absolute atomic E-state index is 11.1. The summed E-state index contributed by atoms with van der Waals surface area (Å²) in [6.07, 6.45) is 0. The maximum atomic E-state index is 11.1. The normalized spacial score (nSPS) is 43.8. The molecular weight excluding hydrogens is 158 g/mol. The molecule has 2 rings (SSSR count). The van der Waals surface area contributed by atoms with Crippen molar-refractivity contribution in [2.24, 2.45) is 17.8 Å². The van der Waals surface area contributed by atoms with E-state index >= 15 is 0 Å². The lowest BCUT2D eigenvalue weighted by Crippen LogP contribution is -2.33. The van der Waals surface area contributed by atoms with Crippen molar-refractivity contribution in [3.05, 3.63) is 0 Å². The van der Waals surface area contributed by atoms with Crippen LogP contribution in [-0.2, 0) is 9.53 Å². The Labute approximate surface area is 70.9 Å². The SMILES string of the molecule is COC(=O)[C@@H]1[C@H]2CN[C@H](CO)[C@H]21. The van der Waals surface area contributed by atoms with Crippen molar-refractivity contribution < 1.29 is 14.6 Å². The first-order valence-corrected chi connectivity index (χ1v) is 4.21. The van der Waals surface area contributed by atoms with E-state index in [0.717, 1.165) is 6.54 Å². The Kier molecular flexibility index (Phi) is 1.81. The predicted molar refractivity (Wildman–Crippen MR) is 41.4 cm³/mol. The molecule has 1 heterocycles. The number of esters is 1. The van der Waals surface area contributed by atoms with Crippen LogP contribution in [0.4, 0.5) is 0 Å². The summed E-state index contributed by atoms with van der Waals surface area (Å²) in [5.41, 5.74) is 0. The van der Waals surface area contributed by atoms with Crippen LogP contribution in [0.15, 0.2) is 0 Å². The van der Waals surface area contributed by atoms with Crippen molar-refractivity contribution in [3.63, 3.8) is 0 Å². The summed E-state index contributed by atoms with van der Waals surface area (Å²) in [4.78, 5) is 11.1. The third-order valence-electron chi connectivity index (χ3n) is 2.98. The Bertz CT molecular complexity index is 206. The molecule has 4 atom stereocenters. The third-order valence-corrected chi connectivity index (χ3v) is 2.98. The Morgan fingerprint density at radius 2 is 2.50 bits per heavy atom. The highest BCUT2D eigenvalue weighted by atomic mass is 16.5. The maximum Gasteiger partial charge on any atom is 0.309 e. The van der Waals surface area contributed by atoms with Crippen LogP contribution in [0.5, 0.6) is 0 Å². The molecule has 1 aliphatic carbocycles. The van der Waals surface area contributed by atoms with Crippen LogP contribution in [0, 0.1) is 17.8 Å². The van der Waals surface area contributed by atoms with Gasteiger partial charge in [-0.25, -0.2) is 0 Å². The number of aliphatic hydroxyl groups excluding tert-OH is 1. The minimum absolute atomic E-state index is 0.0494. The van der Waals surface area contributed by atoms with Crippen LogP contribution < -0.4 is 5.32 Å². The lowest BCUT2D eigenvalue weighted by molar-refractivity contribution is -0.143. The Hall–Kier alpha value is -0.610. The second-order valence-corrected chi connectivity index (χ2v) is 3.49.